The SMILES string of the molecule is CC(C)Nc1ncc2c(n1)CN(C(=O)NC(c1ccc(F)c(Cl)c1)C(C)(C)O)CC2. The summed E-state index contributed by atoms with van der Waals surface area (Å²) in [4.78, 5) is 23.5. The zero-order chi connectivity index (χ0) is 22.1. The van der Waals surface area contributed by atoms with E-state index < -0.39 is 17.5 Å². The number of fused-ring (bicyclic) bond motifs is 1. The van der Waals surface area contributed by atoms with Crippen LogP contribution in [0.5, 0.6) is 0 Å². The highest BCUT2D eigenvalue weighted by molar-refractivity contribution is 6.30. The predicted molar refractivity (Wildman–Crippen MR) is 114 cm³/mol. The summed E-state index contributed by atoms with van der Waals surface area (Å²) < 4.78 is 13.6. The smallest absolute Gasteiger partial charge is 0.318 e. The number of aliphatic hydroxyl groups is 1. The summed E-state index contributed by atoms with van der Waals surface area (Å²) in [6.45, 7) is 8.00. The molecule has 0 fully saturated rings. The van der Waals surface area contributed by atoms with Crippen molar-refractivity contribution in [2.45, 2.75) is 58.3 Å². The minimum Gasteiger partial charge on any atom is -0.388 e. The summed E-state index contributed by atoms with van der Waals surface area (Å²) >= 11 is 5.90. The van der Waals surface area contributed by atoms with Gasteiger partial charge in [0.2, 0.25) is 5.95 Å². The molecular weight excluding hydrogens is 409 g/mol. The van der Waals surface area contributed by atoms with E-state index in [-0.39, 0.29) is 17.1 Å². The molecule has 1 aromatic carbocycles. The molecule has 3 rings (SSSR count). The Labute approximate surface area is 180 Å². The first kappa shape index (κ1) is 22.2. The Balaban J connectivity index is 1.77. The molecule has 2 aromatic rings. The summed E-state index contributed by atoms with van der Waals surface area (Å²) in [6.07, 6.45) is 2.43. The van der Waals surface area contributed by atoms with Crippen molar-refractivity contribution in [3.63, 3.8) is 0 Å². The molecule has 3 N–H and O–H groups in total. The molecule has 0 bridgehead atoms. The molecule has 1 atom stereocenters. The van der Waals surface area contributed by atoms with Crippen LogP contribution in [0.15, 0.2) is 24.4 Å². The van der Waals surface area contributed by atoms with Crippen molar-refractivity contribution in [1.29, 1.82) is 0 Å². The van der Waals surface area contributed by atoms with Gasteiger partial charge in [0.25, 0.3) is 0 Å². The van der Waals surface area contributed by atoms with Crippen molar-refractivity contribution in [3.8, 4) is 0 Å². The third-order valence-corrected chi connectivity index (χ3v) is 5.19. The lowest BCUT2D eigenvalue weighted by Crippen LogP contribution is -2.49. The summed E-state index contributed by atoms with van der Waals surface area (Å²) in [5.41, 5.74) is 1.03. The Bertz CT molecular complexity index is 932. The number of hydrogen-bond donors (Lipinski definition) is 3. The maximum atomic E-state index is 13.6. The average Bonchev–Trinajstić information content (AvgIpc) is 2.66. The van der Waals surface area contributed by atoms with Gasteiger partial charge < -0.3 is 20.6 Å². The molecule has 0 saturated heterocycles. The van der Waals surface area contributed by atoms with Crippen molar-refractivity contribution in [1.82, 2.24) is 20.2 Å². The van der Waals surface area contributed by atoms with Crippen molar-refractivity contribution in [2.24, 2.45) is 0 Å². The van der Waals surface area contributed by atoms with E-state index in [1.54, 1.807) is 24.9 Å². The number of urea groups is 1. The molecule has 0 saturated carbocycles. The normalized spacial score (nSPS) is 15.0. The maximum absolute atomic E-state index is 13.6. The topological polar surface area (TPSA) is 90.4 Å². The zero-order valence-electron chi connectivity index (χ0n) is 17.5. The van der Waals surface area contributed by atoms with Crippen LogP contribution in [0.3, 0.4) is 0 Å². The van der Waals surface area contributed by atoms with E-state index in [0.29, 0.717) is 31.0 Å². The number of nitrogens with one attached hydrogen (secondary N) is 2. The van der Waals surface area contributed by atoms with E-state index >= 15 is 0 Å². The molecule has 2 heterocycles. The standard InChI is InChI=1S/C21H27ClFN5O2/c1-12(2)25-19-24-10-14-7-8-28(11-17(14)26-19)20(29)27-18(21(3,4)30)13-5-6-16(23)15(22)9-13/h5-6,9-10,12,18,30H,7-8,11H2,1-4H3,(H,27,29)(H,24,25,26). The molecule has 0 aliphatic carbocycles. The van der Waals surface area contributed by atoms with Crippen LogP contribution >= 0.6 is 11.6 Å². The fourth-order valence-electron chi connectivity index (χ4n) is 3.38. The first-order chi connectivity index (χ1) is 14.0. The highest BCUT2D eigenvalue weighted by Crippen LogP contribution is 2.29. The fourth-order valence-corrected chi connectivity index (χ4v) is 3.57. The van der Waals surface area contributed by atoms with Gasteiger partial charge >= 0.3 is 6.03 Å². The molecule has 7 nitrogen and oxygen atoms in total. The summed E-state index contributed by atoms with van der Waals surface area (Å²) in [7, 11) is 0. The Kier molecular flexibility index (Phi) is 6.47. The largest absolute Gasteiger partial charge is 0.388 e. The van der Waals surface area contributed by atoms with Crippen LogP contribution in [0.25, 0.3) is 0 Å². The van der Waals surface area contributed by atoms with E-state index in [0.717, 1.165) is 11.3 Å². The van der Waals surface area contributed by atoms with E-state index in [2.05, 4.69) is 20.6 Å². The number of amides is 2. The second-order valence-electron chi connectivity index (χ2n) is 8.35. The Morgan fingerprint density at radius 2 is 2.10 bits per heavy atom. The zero-order valence-corrected chi connectivity index (χ0v) is 18.3. The van der Waals surface area contributed by atoms with Gasteiger partial charge in [-0.1, -0.05) is 17.7 Å². The lowest BCUT2D eigenvalue weighted by atomic mass is 9.92. The van der Waals surface area contributed by atoms with Crippen LogP contribution in [-0.2, 0) is 13.0 Å². The van der Waals surface area contributed by atoms with Crippen LogP contribution in [-0.4, -0.2) is 44.2 Å². The van der Waals surface area contributed by atoms with Crippen molar-refractivity contribution < 1.29 is 14.3 Å². The number of benzene rings is 1. The third kappa shape index (κ3) is 5.17. The first-order valence-electron chi connectivity index (χ1n) is 9.88. The van der Waals surface area contributed by atoms with E-state index in [1.807, 2.05) is 13.8 Å². The number of nitrogens with zero attached hydrogens (tertiary/aromatic N) is 3. The van der Waals surface area contributed by atoms with E-state index in [9.17, 15) is 14.3 Å². The predicted octanol–water partition coefficient (Wildman–Crippen LogP) is 3.67. The molecular formula is C21H27ClFN5O2. The highest BCUT2D eigenvalue weighted by Gasteiger charge is 2.33. The number of carbonyl (C=O) groups is 1. The number of rotatable bonds is 5. The Morgan fingerprint density at radius 3 is 2.73 bits per heavy atom. The minimum atomic E-state index is -1.29. The van der Waals surface area contributed by atoms with Gasteiger partial charge in [0.15, 0.2) is 0 Å². The number of halogens is 2. The number of hydrogen-bond acceptors (Lipinski definition) is 5. The maximum Gasteiger partial charge on any atom is 0.318 e. The Morgan fingerprint density at radius 1 is 1.37 bits per heavy atom. The van der Waals surface area contributed by atoms with Gasteiger partial charge in [0, 0.05) is 18.8 Å². The van der Waals surface area contributed by atoms with Gasteiger partial charge in [-0.05, 0) is 57.4 Å². The molecule has 1 aromatic heterocycles. The Hall–Kier alpha value is -2.45. The molecule has 162 valence electrons. The quantitative estimate of drug-likeness (QED) is 0.666. The second kappa shape index (κ2) is 8.73. The molecule has 1 aliphatic heterocycles. The van der Waals surface area contributed by atoms with Crippen LogP contribution in [0.1, 0.15) is 50.6 Å². The lowest BCUT2D eigenvalue weighted by molar-refractivity contribution is 0.0380. The summed E-state index contributed by atoms with van der Waals surface area (Å²) in [5, 5.41) is 16.6. The van der Waals surface area contributed by atoms with E-state index in [4.69, 9.17) is 11.6 Å². The fraction of sp³-hybridized carbons (Fsp3) is 0.476. The molecule has 9 heteroatoms. The summed E-state index contributed by atoms with van der Waals surface area (Å²) in [5.74, 6) is -0.0271. The molecule has 2 amide bonds. The molecule has 1 unspecified atom stereocenters. The van der Waals surface area contributed by atoms with Crippen LogP contribution in [0.4, 0.5) is 15.1 Å². The second-order valence-corrected chi connectivity index (χ2v) is 8.75. The molecule has 30 heavy (non-hydrogen) atoms. The van der Waals surface area contributed by atoms with Crippen LogP contribution in [0.2, 0.25) is 5.02 Å². The highest BCUT2D eigenvalue weighted by atomic mass is 35.5. The van der Waals surface area contributed by atoms with Gasteiger partial charge in [0.1, 0.15) is 5.82 Å². The summed E-state index contributed by atoms with van der Waals surface area (Å²) in [6, 6.07) is 3.23. The van der Waals surface area contributed by atoms with Gasteiger partial charge in [-0.25, -0.2) is 19.2 Å². The van der Waals surface area contributed by atoms with Gasteiger partial charge in [-0.2, -0.15) is 0 Å². The number of anilines is 1. The first-order valence-corrected chi connectivity index (χ1v) is 10.3. The van der Waals surface area contributed by atoms with Crippen LogP contribution < -0.4 is 10.6 Å². The molecule has 0 radical (unpaired) electrons. The number of carbonyl (C=O) groups excluding carboxylic acids is 1. The van der Waals surface area contributed by atoms with Crippen molar-refractivity contribution in [2.75, 3.05) is 11.9 Å². The monoisotopic (exact) mass is 435 g/mol. The molecule has 1 aliphatic rings. The number of aromatic nitrogens is 2. The average molecular weight is 436 g/mol. The minimum absolute atomic E-state index is 0.0650. The molecule has 0 spiro atoms. The third-order valence-electron chi connectivity index (χ3n) is 4.90. The van der Waals surface area contributed by atoms with Crippen molar-refractivity contribution >= 4 is 23.6 Å². The lowest BCUT2D eigenvalue weighted by Gasteiger charge is -2.34. The van der Waals surface area contributed by atoms with E-state index in [1.165, 1.54) is 18.2 Å². The van der Waals surface area contributed by atoms with Crippen molar-refractivity contribution in [3.05, 3.63) is 52.1 Å². The van der Waals surface area contributed by atoms with Gasteiger partial charge in [0.05, 0.1) is 28.9 Å². The van der Waals surface area contributed by atoms with Crippen LogP contribution in [0, 0.1) is 5.82 Å². The van der Waals surface area contributed by atoms with Gasteiger partial charge in [-0.3, -0.25) is 0 Å². The van der Waals surface area contributed by atoms with Gasteiger partial charge in [-0.15, -0.1) is 0 Å².